The summed E-state index contributed by atoms with van der Waals surface area (Å²) in [6, 6.07) is 0. The molecule has 0 fully saturated rings. The van der Waals surface area contributed by atoms with Gasteiger partial charge in [0.25, 0.3) is 5.97 Å². The SMILES string of the molecule is [CH2-]C[C@@H]([CH2-])C(=O)OC.[Y]. The number of rotatable bonds is 2. The van der Waals surface area contributed by atoms with Crippen LogP contribution >= 0.6 is 0 Å². The average Bonchev–Trinajstić information content (AvgIpc) is 1.84. The molecule has 0 heterocycles. The van der Waals surface area contributed by atoms with Crippen LogP contribution in [0, 0.1) is 19.8 Å². The van der Waals surface area contributed by atoms with Crippen molar-refractivity contribution in [3.8, 4) is 0 Å². The van der Waals surface area contributed by atoms with Gasteiger partial charge in [-0.25, -0.2) is 0 Å². The summed E-state index contributed by atoms with van der Waals surface area (Å²) < 4.78 is 4.36. The van der Waals surface area contributed by atoms with E-state index in [-0.39, 0.29) is 44.6 Å². The van der Waals surface area contributed by atoms with Crippen LogP contribution in [0.5, 0.6) is 0 Å². The zero-order valence-corrected chi connectivity index (χ0v) is 8.43. The third-order valence-electron chi connectivity index (χ3n) is 0.883. The third-order valence-corrected chi connectivity index (χ3v) is 0.883. The standard InChI is InChI=1S/C6H10O2.Y/c1-4-5(2)6(7)8-3;/h5H,1-2,4H2,3H3;/q-2;/t5-;/m1./s1. The van der Waals surface area contributed by atoms with Crippen LogP contribution in [0.15, 0.2) is 0 Å². The molecule has 0 bridgehead atoms. The molecule has 0 saturated carbocycles. The van der Waals surface area contributed by atoms with Crippen LogP contribution in [0.3, 0.4) is 0 Å². The second kappa shape index (κ2) is 6.69. The van der Waals surface area contributed by atoms with E-state index >= 15 is 0 Å². The van der Waals surface area contributed by atoms with Crippen LogP contribution in [-0.4, -0.2) is 13.1 Å². The largest absolute Gasteiger partial charge is 0.471 e. The summed E-state index contributed by atoms with van der Waals surface area (Å²) in [5.74, 6) is -0.597. The van der Waals surface area contributed by atoms with Crippen LogP contribution in [-0.2, 0) is 42.2 Å². The van der Waals surface area contributed by atoms with Crippen molar-refractivity contribution in [2.45, 2.75) is 6.42 Å². The predicted octanol–water partition coefficient (Wildman–Crippen LogP) is 0.831. The molecule has 0 spiro atoms. The van der Waals surface area contributed by atoms with Crippen molar-refractivity contribution in [2.75, 3.05) is 7.11 Å². The topological polar surface area (TPSA) is 26.3 Å². The van der Waals surface area contributed by atoms with Crippen LogP contribution < -0.4 is 0 Å². The molecule has 0 unspecified atom stereocenters. The van der Waals surface area contributed by atoms with Crippen molar-refractivity contribution in [3.63, 3.8) is 0 Å². The summed E-state index contributed by atoms with van der Waals surface area (Å²) >= 11 is 0. The Labute approximate surface area is 81.2 Å². The van der Waals surface area contributed by atoms with Gasteiger partial charge in [0.05, 0.1) is 7.11 Å². The van der Waals surface area contributed by atoms with Gasteiger partial charge in [-0.15, -0.1) is 0 Å². The fraction of sp³-hybridized carbons (Fsp3) is 0.500. The van der Waals surface area contributed by atoms with E-state index in [9.17, 15) is 4.79 Å². The molecule has 2 nitrogen and oxygen atoms in total. The minimum atomic E-state index is -0.306. The Morgan fingerprint density at radius 2 is 2.22 bits per heavy atom. The van der Waals surface area contributed by atoms with Gasteiger partial charge in [-0.1, -0.05) is 5.92 Å². The smallest absolute Gasteiger partial charge is 0.275 e. The quantitative estimate of drug-likeness (QED) is 0.490. The van der Waals surface area contributed by atoms with Gasteiger partial charge in [-0.2, -0.15) is 6.42 Å². The molecular formula is C6H10O2Y-2. The number of methoxy groups -OCH3 is 1. The maximum atomic E-state index is 10.4. The van der Waals surface area contributed by atoms with Gasteiger partial charge >= 0.3 is 0 Å². The van der Waals surface area contributed by atoms with Crippen LogP contribution in [0.25, 0.3) is 0 Å². The number of carbonyl (C=O) groups is 1. The fourth-order valence-electron chi connectivity index (χ4n) is 0.285. The monoisotopic (exact) mass is 203 g/mol. The van der Waals surface area contributed by atoms with Gasteiger partial charge in [-0.05, 0) is 0 Å². The molecular weight excluding hydrogens is 193 g/mol. The van der Waals surface area contributed by atoms with E-state index in [1.807, 2.05) is 0 Å². The molecule has 3 heteroatoms. The number of carbonyl (C=O) groups excluding carboxylic acids is 1. The predicted molar refractivity (Wildman–Crippen MR) is 30.8 cm³/mol. The first-order chi connectivity index (χ1) is 3.72. The number of hydrogen-bond acceptors (Lipinski definition) is 2. The maximum absolute atomic E-state index is 10.4. The third kappa shape index (κ3) is 5.04. The van der Waals surface area contributed by atoms with E-state index in [4.69, 9.17) is 0 Å². The van der Waals surface area contributed by atoms with Crippen molar-refractivity contribution in [1.29, 1.82) is 0 Å². The van der Waals surface area contributed by atoms with Crippen LogP contribution in [0.4, 0.5) is 0 Å². The minimum Gasteiger partial charge on any atom is -0.471 e. The molecule has 0 aliphatic rings. The first kappa shape index (κ1) is 12.3. The van der Waals surface area contributed by atoms with Gasteiger partial charge in [0.2, 0.25) is 0 Å². The van der Waals surface area contributed by atoms with E-state index in [2.05, 4.69) is 18.6 Å². The maximum Gasteiger partial charge on any atom is 0.275 e. The molecule has 1 atom stereocenters. The second-order valence-corrected chi connectivity index (χ2v) is 1.51. The normalized spacial score (nSPS) is 11.4. The van der Waals surface area contributed by atoms with Crippen LogP contribution in [0.2, 0.25) is 0 Å². The summed E-state index contributed by atoms with van der Waals surface area (Å²) in [6.45, 7) is 6.98. The molecule has 0 N–H and O–H groups in total. The van der Waals surface area contributed by atoms with Crippen molar-refractivity contribution >= 4 is 5.97 Å². The number of hydrogen-bond donors (Lipinski definition) is 0. The summed E-state index contributed by atoms with van der Waals surface area (Å²) in [4.78, 5) is 10.4. The molecule has 0 saturated heterocycles. The molecule has 51 valence electrons. The molecule has 0 aliphatic heterocycles. The first-order valence-electron chi connectivity index (χ1n) is 2.42. The van der Waals surface area contributed by atoms with Crippen molar-refractivity contribution in [3.05, 3.63) is 13.8 Å². The van der Waals surface area contributed by atoms with Gasteiger partial charge in [0.15, 0.2) is 0 Å². The zero-order chi connectivity index (χ0) is 6.57. The Bertz CT molecular complexity index is 83.1. The molecule has 0 aromatic rings. The summed E-state index contributed by atoms with van der Waals surface area (Å²) in [5.41, 5.74) is 0. The molecule has 0 aromatic heterocycles. The Kier molecular flexibility index (Phi) is 9.12. The van der Waals surface area contributed by atoms with E-state index < -0.39 is 0 Å². The number of ether oxygens (including phenoxy) is 1. The summed E-state index contributed by atoms with van der Waals surface area (Å²) in [6.07, 6.45) is 0.493. The van der Waals surface area contributed by atoms with Crippen molar-refractivity contribution in [1.82, 2.24) is 0 Å². The molecule has 0 amide bonds. The molecule has 0 aliphatic carbocycles. The molecule has 9 heavy (non-hydrogen) atoms. The van der Waals surface area contributed by atoms with Gasteiger partial charge < -0.3 is 18.6 Å². The summed E-state index contributed by atoms with van der Waals surface area (Å²) in [5, 5.41) is 0. The summed E-state index contributed by atoms with van der Waals surface area (Å²) in [7, 11) is 1.34. The van der Waals surface area contributed by atoms with Gasteiger partial charge in [0.1, 0.15) is 0 Å². The van der Waals surface area contributed by atoms with Crippen LogP contribution in [0.1, 0.15) is 6.42 Å². The zero-order valence-electron chi connectivity index (χ0n) is 5.59. The molecule has 0 rings (SSSR count). The minimum absolute atomic E-state index is 0. The van der Waals surface area contributed by atoms with E-state index in [0.717, 1.165) is 0 Å². The van der Waals surface area contributed by atoms with E-state index in [1.165, 1.54) is 7.11 Å². The Morgan fingerprint density at radius 1 is 1.78 bits per heavy atom. The van der Waals surface area contributed by atoms with Gasteiger partial charge in [0, 0.05) is 32.7 Å². The van der Waals surface area contributed by atoms with E-state index in [0.29, 0.717) is 6.42 Å². The average molecular weight is 203 g/mol. The first-order valence-corrected chi connectivity index (χ1v) is 2.42. The second-order valence-electron chi connectivity index (χ2n) is 1.51. The van der Waals surface area contributed by atoms with E-state index in [1.54, 1.807) is 0 Å². The Hall–Kier alpha value is 0.574. The Balaban J connectivity index is 0. The van der Waals surface area contributed by atoms with Gasteiger partial charge in [-0.3, -0.25) is 4.79 Å². The Morgan fingerprint density at radius 3 is 2.33 bits per heavy atom. The van der Waals surface area contributed by atoms with Crippen molar-refractivity contribution < 1.29 is 42.2 Å². The molecule has 1 radical (unpaired) electrons. The fourth-order valence-corrected chi connectivity index (χ4v) is 0.285. The number of esters is 1. The molecule has 0 aromatic carbocycles. The van der Waals surface area contributed by atoms with Crippen molar-refractivity contribution in [2.24, 2.45) is 5.92 Å².